The van der Waals surface area contributed by atoms with E-state index < -0.39 is 11.8 Å². The fourth-order valence-corrected chi connectivity index (χ4v) is 2.93. The smallest absolute Gasteiger partial charge is 0.259 e. The maximum absolute atomic E-state index is 11.6. The summed E-state index contributed by atoms with van der Waals surface area (Å²) < 4.78 is 6.27. The molecule has 2 amide bonds. The molecule has 0 saturated carbocycles. The number of rotatable bonds is 6. The first-order chi connectivity index (χ1) is 12.0. The molecule has 7 nitrogen and oxygen atoms in total. The van der Waals surface area contributed by atoms with Crippen molar-refractivity contribution < 1.29 is 19.1 Å². The summed E-state index contributed by atoms with van der Waals surface area (Å²) in [6, 6.07) is 6.71. The summed E-state index contributed by atoms with van der Waals surface area (Å²) >= 11 is 6.48. The summed E-state index contributed by atoms with van der Waals surface area (Å²) in [5.41, 5.74) is 2.66. The van der Waals surface area contributed by atoms with Gasteiger partial charge in [0.25, 0.3) is 5.91 Å². The number of carbonyl (C=O) groups is 2. The van der Waals surface area contributed by atoms with Crippen LogP contribution in [0.1, 0.15) is 11.3 Å². The normalized spacial score (nSPS) is 11.1. The lowest BCUT2D eigenvalue weighted by Crippen LogP contribution is -2.34. The number of aromatic hydroxyl groups is 1. The van der Waals surface area contributed by atoms with Crippen molar-refractivity contribution >= 4 is 56.0 Å². The van der Waals surface area contributed by atoms with Crippen molar-refractivity contribution in [3.05, 3.63) is 56.9 Å². The minimum Gasteiger partial charge on any atom is -0.506 e. The number of halogens is 2. The molecular formula is C16H13Br2N3O4. The van der Waals surface area contributed by atoms with E-state index in [1.165, 1.54) is 24.6 Å². The third kappa shape index (κ3) is 6.20. The highest BCUT2D eigenvalue weighted by Crippen LogP contribution is 2.30. The molecule has 0 aliphatic rings. The molecule has 0 unspecified atom stereocenters. The molecule has 1 aromatic heterocycles. The SMILES string of the molecule is O=C(C=Cc1ccco1)NCC(=O)NN=Cc1cc(Br)cc(Br)c1O. The second kappa shape index (κ2) is 9.19. The highest BCUT2D eigenvalue weighted by atomic mass is 79.9. The first-order valence-electron chi connectivity index (χ1n) is 6.95. The van der Waals surface area contributed by atoms with E-state index in [-0.39, 0.29) is 12.3 Å². The quantitative estimate of drug-likeness (QED) is 0.343. The van der Waals surface area contributed by atoms with Gasteiger partial charge in [-0.2, -0.15) is 5.10 Å². The third-order valence-electron chi connectivity index (χ3n) is 2.82. The van der Waals surface area contributed by atoms with Gasteiger partial charge in [-0.1, -0.05) is 15.9 Å². The molecule has 9 heteroatoms. The molecule has 2 rings (SSSR count). The van der Waals surface area contributed by atoms with Crippen molar-refractivity contribution in [1.29, 1.82) is 0 Å². The second-order valence-electron chi connectivity index (χ2n) is 4.69. The van der Waals surface area contributed by atoms with Gasteiger partial charge in [0.05, 0.1) is 23.5 Å². The van der Waals surface area contributed by atoms with E-state index in [9.17, 15) is 14.7 Å². The van der Waals surface area contributed by atoms with Crippen molar-refractivity contribution in [3.63, 3.8) is 0 Å². The number of nitrogens with zero attached hydrogens (tertiary/aromatic N) is 1. The number of amides is 2. The maximum Gasteiger partial charge on any atom is 0.259 e. The molecule has 3 N–H and O–H groups in total. The molecule has 0 fully saturated rings. The van der Waals surface area contributed by atoms with E-state index in [4.69, 9.17) is 4.42 Å². The van der Waals surface area contributed by atoms with E-state index in [0.29, 0.717) is 15.8 Å². The van der Waals surface area contributed by atoms with Gasteiger partial charge in [0.2, 0.25) is 5.91 Å². The molecule has 0 spiro atoms. The van der Waals surface area contributed by atoms with Gasteiger partial charge in [-0.15, -0.1) is 0 Å². The van der Waals surface area contributed by atoms with Crippen LogP contribution < -0.4 is 10.7 Å². The van der Waals surface area contributed by atoms with Crippen LogP contribution in [0.25, 0.3) is 6.08 Å². The van der Waals surface area contributed by atoms with E-state index in [2.05, 4.69) is 47.7 Å². The molecule has 2 aromatic rings. The summed E-state index contributed by atoms with van der Waals surface area (Å²) in [4.78, 5) is 23.2. The second-order valence-corrected chi connectivity index (χ2v) is 6.46. The number of benzene rings is 1. The number of phenols is 1. The van der Waals surface area contributed by atoms with E-state index in [1.807, 2.05) is 0 Å². The molecule has 1 heterocycles. The highest BCUT2D eigenvalue weighted by Gasteiger charge is 2.06. The largest absolute Gasteiger partial charge is 0.506 e. The summed E-state index contributed by atoms with van der Waals surface area (Å²) in [5, 5.41) is 16.0. The molecule has 0 bridgehead atoms. The summed E-state index contributed by atoms with van der Waals surface area (Å²) in [7, 11) is 0. The molecule has 1 aromatic carbocycles. The Bertz CT molecular complexity index is 817. The predicted octanol–water partition coefficient (Wildman–Crippen LogP) is 2.79. The monoisotopic (exact) mass is 469 g/mol. The summed E-state index contributed by atoms with van der Waals surface area (Å²) in [6.45, 7) is -0.243. The average Bonchev–Trinajstić information content (AvgIpc) is 3.09. The van der Waals surface area contributed by atoms with Crippen LogP contribution in [-0.4, -0.2) is 29.7 Å². The fourth-order valence-electron chi connectivity index (χ4n) is 1.67. The van der Waals surface area contributed by atoms with Crippen LogP contribution in [-0.2, 0) is 9.59 Å². The van der Waals surface area contributed by atoms with Crippen molar-refractivity contribution in [2.24, 2.45) is 5.10 Å². The van der Waals surface area contributed by atoms with Gasteiger partial charge < -0.3 is 14.8 Å². The highest BCUT2D eigenvalue weighted by molar-refractivity contribution is 9.11. The zero-order chi connectivity index (χ0) is 18.2. The third-order valence-corrected chi connectivity index (χ3v) is 3.88. The maximum atomic E-state index is 11.6. The van der Waals surface area contributed by atoms with Gasteiger partial charge >= 0.3 is 0 Å². The number of hydrogen-bond acceptors (Lipinski definition) is 5. The number of furan rings is 1. The standard InChI is InChI=1S/C16H13Br2N3O4/c17-11-6-10(16(24)13(18)7-11)8-20-21-15(23)9-19-14(22)4-3-12-2-1-5-25-12/h1-8,24H,9H2,(H,19,22)(H,21,23). The molecule has 0 aliphatic heterocycles. The first-order valence-corrected chi connectivity index (χ1v) is 8.53. The minimum absolute atomic E-state index is 0.00225. The van der Waals surface area contributed by atoms with Gasteiger partial charge in [-0.25, -0.2) is 5.43 Å². The van der Waals surface area contributed by atoms with Crippen LogP contribution in [0.3, 0.4) is 0 Å². The number of phenolic OH excluding ortho intramolecular Hbond substituents is 1. The zero-order valence-electron chi connectivity index (χ0n) is 12.7. The van der Waals surface area contributed by atoms with Gasteiger partial charge in [-0.05, 0) is 46.3 Å². The molecular weight excluding hydrogens is 458 g/mol. The fraction of sp³-hybridized carbons (Fsp3) is 0.0625. The Morgan fingerprint density at radius 3 is 2.84 bits per heavy atom. The van der Waals surface area contributed by atoms with Gasteiger partial charge in [0, 0.05) is 16.1 Å². The van der Waals surface area contributed by atoms with Crippen LogP contribution in [0, 0.1) is 0 Å². The lowest BCUT2D eigenvalue weighted by molar-refractivity contribution is -0.123. The zero-order valence-corrected chi connectivity index (χ0v) is 15.9. The predicted molar refractivity (Wildman–Crippen MR) is 100.0 cm³/mol. The minimum atomic E-state index is -0.510. The van der Waals surface area contributed by atoms with Crippen molar-refractivity contribution in [1.82, 2.24) is 10.7 Å². The molecule has 0 radical (unpaired) electrons. The first kappa shape index (κ1) is 18.9. The number of hydrazone groups is 1. The van der Waals surface area contributed by atoms with Crippen LogP contribution in [0.4, 0.5) is 0 Å². The van der Waals surface area contributed by atoms with E-state index >= 15 is 0 Å². The van der Waals surface area contributed by atoms with Crippen LogP contribution in [0.2, 0.25) is 0 Å². The van der Waals surface area contributed by atoms with Crippen molar-refractivity contribution in [3.8, 4) is 5.75 Å². The topological polar surface area (TPSA) is 104 Å². The Balaban J connectivity index is 1.80. The van der Waals surface area contributed by atoms with Gasteiger partial charge in [0.15, 0.2) is 0 Å². The molecule has 25 heavy (non-hydrogen) atoms. The number of carbonyl (C=O) groups excluding carboxylic acids is 2. The molecule has 0 atom stereocenters. The van der Waals surface area contributed by atoms with Crippen LogP contribution >= 0.6 is 31.9 Å². The van der Waals surface area contributed by atoms with E-state index in [0.717, 1.165) is 4.47 Å². The van der Waals surface area contributed by atoms with Crippen molar-refractivity contribution in [2.75, 3.05) is 6.54 Å². The molecule has 0 aliphatic carbocycles. The van der Waals surface area contributed by atoms with Gasteiger partial charge in [0.1, 0.15) is 11.5 Å². The lowest BCUT2D eigenvalue weighted by atomic mass is 10.2. The average molecular weight is 471 g/mol. The summed E-state index contributed by atoms with van der Waals surface area (Å²) in [6.07, 6.45) is 5.53. The Labute approximate surface area is 160 Å². The van der Waals surface area contributed by atoms with Crippen LogP contribution in [0.15, 0.2) is 55.1 Å². The molecule has 130 valence electrons. The van der Waals surface area contributed by atoms with E-state index in [1.54, 1.807) is 24.3 Å². The van der Waals surface area contributed by atoms with Crippen LogP contribution in [0.5, 0.6) is 5.75 Å². The Kier molecular flexibility index (Phi) is 6.96. The Hall–Kier alpha value is -2.39. The number of hydrogen-bond donors (Lipinski definition) is 3. The lowest BCUT2D eigenvalue weighted by Gasteiger charge is -2.03. The van der Waals surface area contributed by atoms with Gasteiger partial charge in [-0.3, -0.25) is 9.59 Å². The Morgan fingerprint density at radius 2 is 2.12 bits per heavy atom. The molecule has 0 saturated heterocycles. The van der Waals surface area contributed by atoms with Crippen molar-refractivity contribution in [2.45, 2.75) is 0 Å². The summed E-state index contributed by atoms with van der Waals surface area (Å²) in [5.74, 6) is -0.421. The Morgan fingerprint density at radius 1 is 1.32 bits per heavy atom. The number of nitrogens with one attached hydrogen (secondary N) is 2.